The van der Waals surface area contributed by atoms with Crippen LogP contribution < -0.4 is 15.4 Å². The number of nitrogens with one attached hydrogen (secondary N) is 1. The van der Waals surface area contributed by atoms with E-state index >= 15 is 0 Å². The zero-order chi connectivity index (χ0) is 19.6. The second kappa shape index (κ2) is 7.38. The van der Waals surface area contributed by atoms with Gasteiger partial charge in [0, 0.05) is 18.4 Å². The van der Waals surface area contributed by atoms with Gasteiger partial charge in [0.2, 0.25) is 15.9 Å². The summed E-state index contributed by atoms with van der Waals surface area (Å²) in [7, 11) is -1.89. The van der Waals surface area contributed by atoms with Gasteiger partial charge in [-0.2, -0.15) is 0 Å². The van der Waals surface area contributed by atoms with E-state index < -0.39 is 16.1 Å². The number of carbonyl (C=O) groups excluding carboxylic acids is 1. The highest BCUT2D eigenvalue weighted by Gasteiger charge is 2.19. The first-order valence-corrected chi connectivity index (χ1v) is 9.96. The number of hydrogen-bond acceptors (Lipinski definition) is 4. The normalized spacial score (nSPS) is 12.6. The van der Waals surface area contributed by atoms with Crippen molar-refractivity contribution in [1.29, 1.82) is 0 Å². The third kappa shape index (κ3) is 4.27. The number of sulfonamides is 1. The molecular weight excluding hydrogens is 362 g/mol. The largest absolute Gasteiger partial charge is 0.363 e. The minimum absolute atomic E-state index is 0.00169. The molecular formula is C20H21N3O3S. The summed E-state index contributed by atoms with van der Waals surface area (Å²) >= 11 is 0. The second-order valence-electron chi connectivity index (χ2n) is 6.38. The van der Waals surface area contributed by atoms with Gasteiger partial charge in [-0.3, -0.25) is 4.79 Å². The molecule has 3 rings (SSSR count). The highest BCUT2D eigenvalue weighted by molar-refractivity contribution is 7.89. The maximum Gasteiger partial charge on any atom is 0.246 e. The Bertz CT molecular complexity index is 1080. The van der Waals surface area contributed by atoms with E-state index in [2.05, 4.69) is 5.32 Å². The number of benzene rings is 3. The van der Waals surface area contributed by atoms with E-state index in [1.54, 1.807) is 0 Å². The van der Waals surface area contributed by atoms with Gasteiger partial charge in [0.25, 0.3) is 0 Å². The summed E-state index contributed by atoms with van der Waals surface area (Å²) in [5, 5.41) is 10.1. The van der Waals surface area contributed by atoms with Crippen molar-refractivity contribution in [3.8, 4) is 0 Å². The van der Waals surface area contributed by atoms with E-state index in [0.29, 0.717) is 5.69 Å². The van der Waals surface area contributed by atoms with E-state index in [1.807, 2.05) is 61.3 Å². The number of likely N-dealkylation sites (N-methyl/N-ethyl adjacent to an activating group) is 1. The Morgan fingerprint density at radius 2 is 1.63 bits per heavy atom. The van der Waals surface area contributed by atoms with Gasteiger partial charge < -0.3 is 10.2 Å². The molecule has 3 aromatic rings. The van der Waals surface area contributed by atoms with Gasteiger partial charge in [-0.15, -0.1) is 0 Å². The van der Waals surface area contributed by atoms with Gasteiger partial charge in [0.05, 0.1) is 4.90 Å². The Kier molecular flexibility index (Phi) is 5.16. The Balaban J connectivity index is 1.73. The molecule has 3 aromatic carbocycles. The maximum atomic E-state index is 12.6. The number of nitrogens with zero attached hydrogens (tertiary/aromatic N) is 1. The van der Waals surface area contributed by atoms with Crippen molar-refractivity contribution < 1.29 is 13.2 Å². The minimum Gasteiger partial charge on any atom is -0.363 e. The fourth-order valence-corrected chi connectivity index (χ4v) is 3.29. The molecule has 0 spiro atoms. The lowest BCUT2D eigenvalue weighted by molar-refractivity contribution is -0.117. The van der Waals surface area contributed by atoms with E-state index in [-0.39, 0.29) is 10.8 Å². The van der Waals surface area contributed by atoms with Crippen LogP contribution in [0, 0.1) is 0 Å². The van der Waals surface area contributed by atoms with Crippen LogP contribution in [0.15, 0.2) is 71.6 Å². The van der Waals surface area contributed by atoms with E-state index in [1.165, 1.54) is 24.3 Å². The maximum absolute atomic E-state index is 12.6. The van der Waals surface area contributed by atoms with Crippen molar-refractivity contribution in [3.05, 3.63) is 66.7 Å². The Labute approximate surface area is 158 Å². The van der Waals surface area contributed by atoms with Gasteiger partial charge in [-0.1, -0.05) is 30.3 Å². The van der Waals surface area contributed by atoms with Gasteiger partial charge in [-0.05, 0) is 54.1 Å². The van der Waals surface area contributed by atoms with Crippen LogP contribution in [0.25, 0.3) is 10.8 Å². The van der Waals surface area contributed by atoms with Gasteiger partial charge in [0.15, 0.2) is 0 Å². The van der Waals surface area contributed by atoms with Crippen molar-refractivity contribution in [2.45, 2.75) is 17.9 Å². The highest BCUT2D eigenvalue weighted by Crippen LogP contribution is 2.23. The molecule has 0 radical (unpaired) electrons. The lowest BCUT2D eigenvalue weighted by Crippen LogP contribution is -2.39. The Hall–Kier alpha value is -2.90. The van der Waals surface area contributed by atoms with Crippen LogP contribution in [0.2, 0.25) is 0 Å². The van der Waals surface area contributed by atoms with Crippen molar-refractivity contribution in [3.63, 3.8) is 0 Å². The van der Waals surface area contributed by atoms with Crippen molar-refractivity contribution >= 4 is 38.1 Å². The average molecular weight is 383 g/mol. The molecule has 0 fully saturated rings. The first-order valence-electron chi connectivity index (χ1n) is 8.41. The summed E-state index contributed by atoms with van der Waals surface area (Å²) in [6.45, 7) is 1.81. The van der Waals surface area contributed by atoms with Crippen molar-refractivity contribution in [1.82, 2.24) is 0 Å². The Morgan fingerprint density at radius 1 is 1.00 bits per heavy atom. The molecule has 1 atom stereocenters. The molecule has 27 heavy (non-hydrogen) atoms. The number of nitrogens with two attached hydrogens (primary N) is 1. The van der Waals surface area contributed by atoms with Crippen LogP contribution in [-0.2, 0) is 14.8 Å². The molecule has 0 aliphatic carbocycles. The fraction of sp³-hybridized carbons (Fsp3) is 0.150. The molecule has 3 N–H and O–H groups in total. The average Bonchev–Trinajstić information content (AvgIpc) is 2.66. The second-order valence-corrected chi connectivity index (χ2v) is 7.94. The molecule has 0 saturated carbocycles. The summed E-state index contributed by atoms with van der Waals surface area (Å²) in [6.07, 6.45) is 0. The summed E-state index contributed by atoms with van der Waals surface area (Å²) in [4.78, 5) is 14.5. The van der Waals surface area contributed by atoms with Crippen LogP contribution >= 0.6 is 0 Å². The minimum atomic E-state index is -3.75. The Morgan fingerprint density at radius 3 is 2.26 bits per heavy atom. The molecule has 7 heteroatoms. The third-order valence-electron chi connectivity index (χ3n) is 4.55. The summed E-state index contributed by atoms with van der Waals surface area (Å²) < 4.78 is 22.6. The number of primary sulfonamides is 1. The predicted octanol–water partition coefficient (Wildman–Crippen LogP) is 2.95. The molecule has 0 unspecified atom stereocenters. The highest BCUT2D eigenvalue weighted by atomic mass is 32.2. The SMILES string of the molecule is C[C@@H](C(=O)Nc1ccc(S(N)(=O)=O)cc1)N(C)c1ccc2ccccc2c1. The zero-order valence-corrected chi connectivity index (χ0v) is 15.9. The molecule has 1 amide bonds. The molecule has 0 heterocycles. The molecule has 0 aliphatic rings. The molecule has 0 saturated heterocycles. The number of amides is 1. The number of carbonyl (C=O) groups is 1. The predicted molar refractivity (Wildman–Crippen MR) is 108 cm³/mol. The molecule has 0 aromatic heterocycles. The first-order chi connectivity index (χ1) is 12.8. The first kappa shape index (κ1) is 18.9. The van der Waals surface area contributed by atoms with Crippen LogP contribution in [0.3, 0.4) is 0 Å². The standard InChI is InChI=1S/C20H21N3O3S/c1-14(20(24)22-17-8-11-19(12-9-17)27(21,25)26)23(2)18-10-7-15-5-3-4-6-16(15)13-18/h3-14H,1-2H3,(H,22,24)(H2,21,25,26)/t14-/m0/s1. The molecule has 140 valence electrons. The topological polar surface area (TPSA) is 92.5 Å². The van der Waals surface area contributed by atoms with E-state index in [9.17, 15) is 13.2 Å². The van der Waals surface area contributed by atoms with Gasteiger partial charge >= 0.3 is 0 Å². The third-order valence-corrected chi connectivity index (χ3v) is 5.48. The molecule has 0 aliphatic heterocycles. The van der Waals surface area contributed by atoms with Crippen molar-refractivity contribution in [2.75, 3.05) is 17.3 Å². The molecule has 6 nitrogen and oxygen atoms in total. The zero-order valence-electron chi connectivity index (χ0n) is 15.1. The van der Waals surface area contributed by atoms with Crippen LogP contribution in [0.5, 0.6) is 0 Å². The molecule has 0 bridgehead atoms. The van der Waals surface area contributed by atoms with Crippen LogP contribution in [0.4, 0.5) is 11.4 Å². The van der Waals surface area contributed by atoms with Gasteiger partial charge in [-0.25, -0.2) is 13.6 Å². The monoisotopic (exact) mass is 383 g/mol. The lowest BCUT2D eigenvalue weighted by Gasteiger charge is -2.26. The van der Waals surface area contributed by atoms with Crippen molar-refractivity contribution in [2.24, 2.45) is 5.14 Å². The smallest absolute Gasteiger partial charge is 0.246 e. The van der Waals surface area contributed by atoms with Gasteiger partial charge in [0.1, 0.15) is 6.04 Å². The number of rotatable bonds is 5. The lowest BCUT2D eigenvalue weighted by atomic mass is 10.1. The summed E-state index contributed by atoms with van der Waals surface area (Å²) in [5.74, 6) is -0.200. The number of anilines is 2. The fourth-order valence-electron chi connectivity index (χ4n) is 2.77. The van der Waals surface area contributed by atoms with E-state index in [4.69, 9.17) is 5.14 Å². The summed E-state index contributed by atoms with van der Waals surface area (Å²) in [6, 6.07) is 19.4. The van der Waals surface area contributed by atoms with Crippen LogP contribution in [0.1, 0.15) is 6.92 Å². The number of hydrogen-bond donors (Lipinski definition) is 2. The number of fused-ring (bicyclic) bond motifs is 1. The summed E-state index contributed by atoms with van der Waals surface area (Å²) in [5.41, 5.74) is 1.44. The quantitative estimate of drug-likeness (QED) is 0.708. The van der Waals surface area contributed by atoms with E-state index in [0.717, 1.165) is 16.5 Å². The van der Waals surface area contributed by atoms with Crippen LogP contribution in [-0.4, -0.2) is 27.4 Å².